The number of carbonyl (C=O) groups is 1. The monoisotopic (exact) mass is 387 g/mol. The molecule has 0 bridgehead atoms. The van der Waals surface area contributed by atoms with E-state index in [1.54, 1.807) is 20.3 Å². The maximum absolute atomic E-state index is 12.6. The lowest BCUT2D eigenvalue weighted by atomic mass is 9.85. The summed E-state index contributed by atoms with van der Waals surface area (Å²) >= 11 is 0. The van der Waals surface area contributed by atoms with Gasteiger partial charge in [-0.05, 0) is 24.8 Å². The van der Waals surface area contributed by atoms with Gasteiger partial charge >= 0.3 is 0 Å². The molecule has 1 aliphatic heterocycles. The number of benzene rings is 1. The second kappa shape index (κ2) is 8.18. The van der Waals surface area contributed by atoms with Gasteiger partial charge in [-0.3, -0.25) is 4.79 Å². The van der Waals surface area contributed by atoms with Crippen LogP contribution < -0.4 is 25.8 Å². The fourth-order valence-corrected chi connectivity index (χ4v) is 3.67. The van der Waals surface area contributed by atoms with Crippen molar-refractivity contribution in [1.82, 2.24) is 9.97 Å². The van der Waals surface area contributed by atoms with Crippen LogP contribution in [-0.4, -0.2) is 49.1 Å². The van der Waals surface area contributed by atoms with Gasteiger partial charge in [0.25, 0.3) is 0 Å². The van der Waals surface area contributed by atoms with Gasteiger partial charge in [-0.25, -0.2) is 4.98 Å². The van der Waals surface area contributed by atoms with Crippen molar-refractivity contribution in [3.05, 3.63) is 12.1 Å². The molecule has 1 aromatic carbocycles. The summed E-state index contributed by atoms with van der Waals surface area (Å²) in [5.74, 6) is 2.46. The van der Waals surface area contributed by atoms with Crippen LogP contribution in [0.3, 0.4) is 0 Å². The van der Waals surface area contributed by atoms with Crippen LogP contribution in [0.5, 0.6) is 11.5 Å². The largest absolute Gasteiger partial charge is 0.493 e. The van der Waals surface area contributed by atoms with Gasteiger partial charge in [0.15, 0.2) is 17.3 Å². The quantitative estimate of drug-likeness (QED) is 0.773. The number of hydrogen-bond acceptors (Lipinski definition) is 8. The number of anilines is 2. The molecule has 2 aromatic rings. The molecule has 8 nitrogen and oxygen atoms in total. The van der Waals surface area contributed by atoms with Crippen molar-refractivity contribution in [1.29, 1.82) is 0 Å². The van der Waals surface area contributed by atoms with Crippen molar-refractivity contribution >= 4 is 28.5 Å². The van der Waals surface area contributed by atoms with Gasteiger partial charge in [-0.1, -0.05) is 13.8 Å². The van der Waals surface area contributed by atoms with Gasteiger partial charge in [-0.15, -0.1) is 0 Å². The standard InChI is InChI=1S/C20H29N5O3/c1-11(2)17(21)18(26)12-5-7-25(8-6-12)19-13-9-15(27-3)16(28-4)10-14(13)23-20(22)24-19/h9-12,17H,5-8,21H2,1-4H3,(H2,22,23,24)/t17-/m0/s1. The molecule has 0 unspecified atom stereocenters. The third kappa shape index (κ3) is 3.82. The molecule has 0 amide bonds. The van der Waals surface area contributed by atoms with Crippen molar-refractivity contribution in [2.24, 2.45) is 17.6 Å². The molecule has 3 rings (SSSR count). The summed E-state index contributed by atoms with van der Waals surface area (Å²) in [6.45, 7) is 5.38. The number of nitrogens with zero attached hydrogens (tertiary/aromatic N) is 3. The number of carbonyl (C=O) groups excluding carboxylic acids is 1. The molecule has 0 spiro atoms. The minimum atomic E-state index is -0.399. The summed E-state index contributed by atoms with van der Waals surface area (Å²) in [5.41, 5.74) is 12.7. The van der Waals surface area contributed by atoms with Crippen LogP contribution in [0.15, 0.2) is 12.1 Å². The van der Waals surface area contributed by atoms with Crippen LogP contribution in [0, 0.1) is 11.8 Å². The molecule has 4 N–H and O–H groups in total. The number of piperidine rings is 1. The van der Waals surface area contributed by atoms with E-state index in [4.69, 9.17) is 20.9 Å². The van der Waals surface area contributed by atoms with E-state index in [1.807, 2.05) is 19.9 Å². The summed E-state index contributed by atoms with van der Waals surface area (Å²) in [6.07, 6.45) is 1.50. The topological polar surface area (TPSA) is 117 Å². The number of hydrogen-bond donors (Lipinski definition) is 2. The van der Waals surface area contributed by atoms with Gasteiger partial charge in [0.1, 0.15) is 5.82 Å². The molecule has 2 heterocycles. The zero-order valence-corrected chi connectivity index (χ0v) is 16.9. The van der Waals surface area contributed by atoms with Crippen molar-refractivity contribution in [3.63, 3.8) is 0 Å². The Morgan fingerprint density at radius 1 is 1.14 bits per heavy atom. The van der Waals surface area contributed by atoms with Crippen molar-refractivity contribution < 1.29 is 14.3 Å². The third-order valence-corrected chi connectivity index (χ3v) is 5.44. The number of methoxy groups -OCH3 is 2. The summed E-state index contributed by atoms with van der Waals surface area (Å²) < 4.78 is 10.8. The highest BCUT2D eigenvalue weighted by molar-refractivity contribution is 5.93. The molecular formula is C20H29N5O3. The summed E-state index contributed by atoms with van der Waals surface area (Å²) in [4.78, 5) is 23.5. The van der Waals surface area contributed by atoms with Crippen molar-refractivity contribution in [3.8, 4) is 11.5 Å². The van der Waals surface area contributed by atoms with Crippen LogP contribution in [0.25, 0.3) is 10.9 Å². The first kappa shape index (κ1) is 20.1. The van der Waals surface area contributed by atoms with E-state index in [0.717, 1.165) is 24.0 Å². The number of fused-ring (bicyclic) bond motifs is 1. The first-order valence-electron chi connectivity index (χ1n) is 9.59. The predicted molar refractivity (Wildman–Crippen MR) is 110 cm³/mol. The van der Waals surface area contributed by atoms with E-state index in [1.165, 1.54) is 0 Å². The molecule has 1 atom stereocenters. The van der Waals surface area contributed by atoms with Crippen molar-refractivity contribution in [2.75, 3.05) is 37.9 Å². The molecule has 0 aliphatic carbocycles. The molecule has 8 heteroatoms. The number of nitrogens with two attached hydrogens (primary N) is 2. The Labute approximate surface area is 165 Å². The minimum absolute atomic E-state index is 0.00581. The number of rotatable bonds is 6. The van der Waals surface area contributed by atoms with E-state index in [2.05, 4.69) is 14.9 Å². The average molecular weight is 387 g/mol. The van der Waals surface area contributed by atoms with Gasteiger partial charge in [0, 0.05) is 30.5 Å². The van der Waals surface area contributed by atoms with Gasteiger partial charge in [-0.2, -0.15) is 4.98 Å². The number of nitrogen functional groups attached to an aromatic ring is 1. The summed E-state index contributed by atoms with van der Waals surface area (Å²) in [6, 6.07) is 3.27. The Hall–Kier alpha value is -2.61. The highest BCUT2D eigenvalue weighted by Gasteiger charge is 2.31. The second-order valence-electron chi connectivity index (χ2n) is 7.56. The molecule has 0 saturated carbocycles. The minimum Gasteiger partial charge on any atom is -0.493 e. The zero-order chi connectivity index (χ0) is 20.4. The van der Waals surface area contributed by atoms with E-state index in [-0.39, 0.29) is 23.6 Å². The Bertz CT molecular complexity index is 863. The molecule has 1 saturated heterocycles. The maximum atomic E-state index is 12.6. The van der Waals surface area contributed by atoms with Gasteiger partial charge < -0.3 is 25.8 Å². The third-order valence-electron chi connectivity index (χ3n) is 5.44. The van der Waals surface area contributed by atoms with E-state index in [0.29, 0.717) is 30.1 Å². The average Bonchev–Trinajstić information content (AvgIpc) is 2.71. The van der Waals surface area contributed by atoms with E-state index in [9.17, 15) is 4.79 Å². The van der Waals surface area contributed by atoms with Gasteiger partial charge in [0.05, 0.1) is 25.8 Å². The van der Waals surface area contributed by atoms with Crippen LogP contribution in [0.4, 0.5) is 11.8 Å². The maximum Gasteiger partial charge on any atom is 0.222 e. The lowest BCUT2D eigenvalue weighted by molar-refractivity contribution is -0.125. The predicted octanol–water partition coefficient (Wildman–Crippen LogP) is 2.00. The van der Waals surface area contributed by atoms with Crippen LogP contribution in [0.2, 0.25) is 0 Å². The second-order valence-corrected chi connectivity index (χ2v) is 7.56. The molecule has 0 radical (unpaired) electrons. The number of ether oxygens (including phenoxy) is 2. The number of aromatic nitrogens is 2. The van der Waals surface area contributed by atoms with Crippen LogP contribution in [0.1, 0.15) is 26.7 Å². The van der Waals surface area contributed by atoms with Gasteiger partial charge in [0.2, 0.25) is 5.95 Å². The molecule has 1 aliphatic rings. The fraction of sp³-hybridized carbons (Fsp3) is 0.550. The lowest BCUT2D eigenvalue weighted by Gasteiger charge is -2.34. The highest BCUT2D eigenvalue weighted by Crippen LogP contribution is 2.36. The van der Waals surface area contributed by atoms with E-state index >= 15 is 0 Å². The molecule has 152 valence electrons. The molecule has 1 aromatic heterocycles. The first-order chi connectivity index (χ1) is 13.3. The Morgan fingerprint density at radius 3 is 2.32 bits per heavy atom. The SMILES string of the molecule is COc1cc2nc(N)nc(N3CCC(C(=O)[C@@H](N)C(C)C)CC3)c2cc1OC. The van der Waals surface area contributed by atoms with Crippen molar-refractivity contribution in [2.45, 2.75) is 32.7 Å². The zero-order valence-electron chi connectivity index (χ0n) is 16.9. The molecular weight excluding hydrogens is 358 g/mol. The van der Waals surface area contributed by atoms with Crippen LogP contribution >= 0.6 is 0 Å². The number of Topliss-reactive ketones (excluding diaryl/α,β-unsaturated/α-hetero) is 1. The smallest absolute Gasteiger partial charge is 0.222 e. The van der Waals surface area contributed by atoms with E-state index < -0.39 is 6.04 Å². The Kier molecular flexibility index (Phi) is 5.88. The summed E-state index contributed by atoms with van der Waals surface area (Å²) in [7, 11) is 3.18. The van der Waals surface area contributed by atoms with Crippen LogP contribution in [-0.2, 0) is 4.79 Å². The Balaban J connectivity index is 1.87. The fourth-order valence-electron chi connectivity index (χ4n) is 3.67. The normalized spacial score (nSPS) is 16.4. The molecule has 1 fully saturated rings. The number of ketones is 1. The first-order valence-corrected chi connectivity index (χ1v) is 9.59. The highest BCUT2D eigenvalue weighted by atomic mass is 16.5. The lowest BCUT2D eigenvalue weighted by Crippen LogP contribution is -2.44. The Morgan fingerprint density at radius 2 is 1.75 bits per heavy atom. The summed E-state index contributed by atoms with van der Waals surface area (Å²) in [5, 5.41) is 0.843. The molecule has 28 heavy (non-hydrogen) atoms.